The van der Waals surface area contributed by atoms with Gasteiger partial charge in [-0.15, -0.1) is 12.4 Å². The smallest absolute Gasteiger partial charge is 0.220 e. The van der Waals surface area contributed by atoms with E-state index >= 15 is 0 Å². The Balaban J connectivity index is 0.00000128. The second-order valence-electron chi connectivity index (χ2n) is 4.97. The Morgan fingerprint density at radius 2 is 1.94 bits per heavy atom. The molecule has 1 heterocycles. The fourth-order valence-electron chi connectivity index (χ4n) is 2.74. The normalized spacial score (nSPS) is 26.1. The van der Waals surface area contributed by atoms with Crippen LogP contribution in [0.3, 0.4) is 0 Å². The first kappa shape index (κ1) is 13.8. The Morgan fingerprint density at radius 3 is 2.56 bits per heavy atom. The topological polar surface area (TPSA) is 41.1 Å². The van der Waals surface area contributed by atoms with Crippen LogP contribution < -0.4 is 10.6 Å². The summed E-state index contributed by atoms with van der Waals surface area (Å²) in [5.41, 5.74) is 0. The number of amides is 1. The van der Waals surface area contributed by atoms with E-state index in [1.807, 2.05) is 0 Å². The highest BCUT2D eigenvalue weighted by Crippen LogP contribution is 2.27. The summed E-state index contributed by atoms with van der Waals surface area (Å²) in [5, 5.41) is 6.46. The Hall–Kier alpha value is -0.280. The fourth-order valence-corrected chi connectivity index (χ4v) is 2.74. The second-order valence-corrected chi connectivity index (χ2v) is 4.97. The number of rotatable bonds is 3. The lowest BCUT2D eigenvalue weighted by Gasteiger charge is -2.24. The lowest BCUT2D eigenvalue weighted by molar-refractivity contribution is -0.122. The van der Waals surface area contributed by atoms with Crippen LogP contribution in [0.2, 0.25) is 0 Å². The molecule has 1 aliphatic heterocycles. The SMILES string of the molecule is Cl.O=C(CC1CCCC1)N[C@@H]1CCCNC1. The molecule has 1 saturated carbocycles. The Labute approximate surface area is 104 Å². The first-order valence-electron chi connectivity index (χ1n) is 6.34. The summed E-state index contributed by atoms with van der Waals surface area (Å²) in [6.07, 6.45) is 8.26. The standard InChI is InChI=1S/C12H22N2O.ClH/c15-12(8-10-4-1-2-5-10)14-11-6-3-7-13-9-11;/h10-11,13H,1-9H2,(H,14,15);1H/t11-;/m1./s1. The molecule has 2 rings (SSSR count). The van der Waals surface area contributed by atoms with Gasteiger partial charge in [-0.05, 0) is 38.1 Å². The fraction of sp³-hybridized carbons (Fsp3) is 0.917. The third-order valence-electron chi connectivity index (χ3n) is 3.61. The van der Waals surface area contributed by atoms with Gasteiger partial charge >= 0.3 is 0 Å². The molecular weight excluding hydrogens is 224 g/mol. The molecule has 1 saturated heterocycles. The summed E-state index contributed by atoms with van der Waals surface area (Å²) in [7, 11) is 0. The van der Waals surface area contributed by atoms with Gasteiger partial charge < -0.3 is 10.6 Å². The minimum absolute atomic E-state index is 0. The molecule has 2 fully saturated rings. The van der Waals surface area contributed by atoms with E-state index in [9.17, 15) is 4.79 Å². The van der Waals surface area contributed by atoms with Gasteiger partial charge in [0.2, 0.25) is 5.91 Å². The maximum atomic E-state index is 11.7. The van der Waals surface area contributed by atoms with E-state index in [1.54, 1.807) is 0 Å². The van der Waals surface area contributed by atoms with Crippen molar-refractivity contribution in [1.82, 2.24) is 10.6 Å². The van der Waals surface area contributed by atoms with E-state index in [0.717, 1.165) is 25.9 Å². The molecule has 2 aliphatic rings. The zero-order valence-corrected chi connectivity index (χ0v) is 10.7. The number of hydrogen-bond acceptors (Lipinski definition) is 2. The van der Waals surface area contributed by atoms with E-state index in [0.29, 0.717) is 12.0 Å². The molecule has 0 aromatic rings. The van der Waals surface area contributed by atoms with Crippen molar-refractivity contribution in [2.75, 3.05) is 13.1 Å². The maximum absolute atomic E-state index is 11.7. The minimum atomic E-state index is 0. The molecular formula is C12H23ClN2O. The molecule has 16 heavy (non-hydrogen) atoms. The van der Waals surface area contributed by atoms with Gasteiger partial charge in [-0.2, -0.15) is 0 Å². The van der Waals surface area contributed by atoms with Crippen LogP contribution in [0.4, 0.5) is 0 Å². The van der Waals surface area contributed by atoms with Gasteiger partial charge in [-0.1, -0.05) is 12.8 Å². The summed E-state index contributed by atoms with van der Waals surface area (Å²) >= 11 is 0. The monoisotopic (exact) mass is 246 g/mol. The van der Waals surface area contributed by atoms with Crippen molar-refractivity contribution in [3.05, 3.63) is 0 Å². The van der Waals surface area contributed by atoms with Crippen LogP contribution in [0, 0.1) is 5.92 Å². The van der Waals surface area contributed by atoms with Gasteiger partial charge in [0.05, 0.1) is 0 Å². The van der Waals surface area contributed by atoms with Crippen LogP contribution in [0.15, 0.2) is 0 Å². The molecule has 0 bridgehead atoms. The largest absolute Gasteiger partial charge is 0.352 e. The zero-order valence-electron chi connectivity index (χ0n) is 9.84. The van der Waals surface area contributed by atoms with Crippen LogP contribution in [-0.4, -0.2) is 25.0 Å². The molecule has 0 radical (unpaired) electrons. The molecule has 0 aromatic carbocycles. The Bertz CT molecular complexity index is 211. The lowest BCUT2D eigenvalue weighted by Crippen LogP contribution is -2.45. The van der Waals surface area contributed by atoms with E-state index in [2.05, 4.69) is 10.6 Å². The van der Waals surface area contributed by atoms with E-state index < -0.39 is 0 Å². The summed E-state index contributed by atoms with van der Waals surface area (Å²) in [6, 6.07) is 0.382. The van der Waals surface area contributed by atoms with Crippen molar-refractivity contribution in [2.24, 2.45) is 5.92 Å². The highest BCUT2D eigenvalue weighted by Gasteiger charge is 2.20. The van der Waals surface area contributed by atoms with E-state index in [1.165, 1.54) is 32.1 Å². The highest BCUT2D eigenvalue weighted by atomic mass is 35.5. The van der Waals surface area contributed by atoms with Crippen LogP contribution in [0.25, 0.3) is 0 Å². The quantitative estimate of drug-likeness (QED) is 0.798. The van der Waals surface area contributed by atoms with Gasteiger partial charge in [0.15, 0.2) is 0 Å². The van der Waals surface area contributed by atoms with Crippen molar-refractivity contribution in [3.8, 4) is 0 Å². The number of nitrogens with one attached hydrogen (secondary N) is 2. The van der Waals surface area contributed by atoms with Gasteiger partial charge in [-0.3, -0.25) is 4.79 Å². The van der Waals surface area contributed by atoms with Crippen molar-refractivity contribution in [3.63, 3.8) is 0 Å². The average Bonchev–Trinajstić information content (AvgIpc) is 2.71. The van der Waals surface area contributed by atoms with Crippen LogP contribution in [0.5, 0.6) is 0 Å². The summed E-state index contributed by atoms with van der Waals surface area (Å²) < 4.78 is 0. The molecule has 2 N–H and O–H groups in total. The molecule has 3 nitrogen and oxygen atoms in total. The van der Waals surface area contributed by atoms with Crippen LogP contribution >= 0.6 is 12.4 Å². The highest BCUT2D eigenvalue weighted by molar-refractivity contribution is 5.85. The number of carbonyl (C=O) groups is 1. The predicted molar refractivity (Wildman–Crippen MR) is 67.9 cm³/mol. The maximum Gasteiger partial charge on any atom is 0.220 e. The number of carbonyl (C=O) groups excluding carboxylic acids is 1. The Kier molecular flexibility index (Phi) is 6.14. The Morgan fingerprint density at radius 1 is 1.19 bits per heavy atom. The van der Waals surface area contributed by atoms with Crippen molar-refractivity contribution >= 4 is 18.3 Å². The molecule has 0 aromatic heterocycles. The van der Waals surface area contributed by atoms with Gasteiger partial charge in [0, 0.05) is 19.0 Å². The summed E-state index contributed by atoms with van der Waals surface area (Å²) in [6.45, 7) is 2.06. The predicted octanol–water partition coefficient (Wildman–Crippen LogP) is 1.86. The van der Waals surface area contributed by atoms with E-state index in [-0.39, 0.29) is 18.3 Å². The van der Waals surface area contributed by atoms with Gasteiger partial charge in [-0.25, -0.2) is 0 Å². The van der Waals surface area contributed by atoms with Gasteiger partial charge in [0.25, 0.3) is 0 Å². The third kappa shape index (κ3) is 4.30. The number of piperidine rings is 1. The summed E-state index contributed by atoms with van der Waals surface area (Å²) in [5.74, 6) is 0.942. The first-order chi connectivity index (χ1) is 7.34. The number of halogens is 1. The molecule has 0 unspecified atom stereocenters. The molecule has 94 valence electrons. The minimum Gasteiger partial charge on any atom is -0.352 e. The van der Waals surface area contributed by atoms with Crippen LogP contribution in [0.1, 0.15) is 44.9 Å². The summed E-state index contributed by atoms with van der Waals surface area (Å²) in [4.78, 5) is 11.7. The lowest BCUT2D eigenvalue weighted by atomic mass is 10.0. The van der Waals surface area contributed by atoms with E-state index in [4.69, 9.17) is 0 Å². The van der Waals surface area contributed by atoms with Crippen molar-refractivity contribution in [2.45, 2.75) is 51.0 Å². The second kappa shape index (κ2) is 7.13. The van der Waals surface area contributed by atoms with Crippen molar-refractivity contribution in [1.29, 1.82) is 0 Å². The molecule has 0 spiro atoms. The van der Waals surface area contributed by atoms with Crippen molar-refractivity contribution < 1.29 is 4.79 Å². The zero-order chi connectivity index (χ0) is 10.5. The average molecular weight is 247 g/mol. The van der Waals surface area contributed by atoms with Gasteiger partial charge in [0.1, 0.15) is 0 Å². The third-order valence-corrected chi connectivity index (χ3v) is 3.61. The molecule has 1 aliphatic carbocycles. The number of hydrogen-bond donors (Lipinski definition) is 2. The molecule has 1 atom stereocenters. The first-order valence-corrected chi connectivity index (χ1v) is 6.34. The molecule has 4 heteroatoms. The molecule has 1 amide bonds. The van der Waals surface area contributed by atoms with Crippen LogP contribution in [-0.2, 0) is 4.79 Å².